The molecule has 1 N–H and O–H groups in total. The number of aromatic nitrogens is 3. The number of benzene rings is 3. The van der Waals surface area contributed by atoms with E-state index >= 15 is 0 Å². The average molecular weight is 537 g/mol. The van der Waals surface area contributed by atoms with Crippen LogP contribution in [0.3, 0.4) is 0 Å². The van der Waals surface area contributed by atoms with Crippen LogP contribution in [0.5, 0.6) is 28.7 Å². The molecule has 0 aliphatic heterocycles. The van der Waals surface area contributed by atoms with Crippen molar-refractivity contribution in [2.45, 2.75) is 26.3 Å². The van der Waals surface area contributed by atoms with E-state index in [0.29, 0.717) is 28.3 Å². The Kier molecular flexibility index (Phi) is 6.65. The van der Waals surface area contributed by atoms with Gasteiger partial charge in [-0.05, 0) is 73.5 Å². The maximum absolute atomic E-state index is 13.3. The number of para-hydroxylation sites is 3. The van der Waals surface area contributed by atoms with Gasteiger partial charge < -0.3 is 19.3 Å². The van der Waals surface area contributed by atoms with E-state index in [1.807, 2.05) is 13.8 Å². The molecule has 2 aromatic heterocycles. The third-order valence-corrected chi connectivity index (χ3v) is 5.58. The summed E-state index contributed by atoms with van der Waals surface area (Å²) in [7, 11) is 0. The Labute approximate surface area is 220 Å². The highest BCUT2D eigenvalue weighted by Gasteiger charge is 2.31. The van der Waals surface area contributed by atoms with Gasteiger partial charge in [-0.2, -0.15) is 4.68 Å². The molecule has 3 aromatic carbocycles. The first-order valence-corrected chi connectivity index (χ1v) is 11.8. The highest BCUT2D eigenvalue weighted by Crippen LogP contribution is 2.38. The Bertz CT molecular complexity index is 1690. The Balaban J connectivity index is 1.47. The summed E-state index contributed by atoms with van der Waals surface area (Å²) in [6.07, 6.45) is -3.37. The van der Waals surface area contributed by atoms with Crippen molar-refractivity contribution in [2.75, 3.05) is 0 Å². The number of phenolic OH excluding ortho intramolecular Hbond substituents is 1. The molecule has 39 heavy (non-hydrogen) atoms. The number of alkyl halides is 3. The minimum atomic E-state index is -4.79. The van der Waals surface area contributed by atoms with E-state index in [-0.39, 0.29) is 29.0 Å². The summed E-state index contributed by atoms with van der Waals surface area (Å²) >= 11 is 0. The Morgan fingerprint density at radius 3 is 2.21 bits per heavy atom. The minimum absolute atomic E-state index is 0.0951. The molecule has 5 rings (SSSR count). The zero-order chi connectivity index (χ0) is 27.7. The van der Waals surface area contributed by atoms with Crippen LogP contribution in [0.1, 0.15) is 13.8 Å². The molecule has 0 unspecified atom stereocenters. The van der Waals surface area contributed by atoms with Crippen LogP contribution in [0.15, 0.2) is 89.9 Å². The van der Waals surface area contributed by atoms with Crippen molar-refractivity contribution < 1.29 is 32.5 Å². The molecule has 0 amide bonds. The SMILES string of the molecule is CC(C)Oc1ccccc1Oc1cccc(-n2nc3ccc(-c4ccc(OC(F)(F)F)cc4)cn3c2=O)c1O. The average Bonchev–Trinajstić information content (AvgIpc) is 3.21. The molecular formula is C28H22F3N3O5. The number of hydrogen-bond donors (Lipinski definition) is 1. The van der Waals surface area contributed by atoms with E-state index in [0.717, 1.165) is 4.68 Å². The third kappa shape index (κ3) is 5.52. The van der Waals surface area contributed by atoms with Crippen LogP contribution in [0.4, 0.5) is 13.2 Å². The number of fused-ring (bicyclic) bond motifs is 1. The van der Waals surface area contributed by atoms with Gasteiger partial charge in [0.1, 0.15) is 11.4 Å². The summed E-state index contributed by atoms with van der Waals surface area (Å²) < 4.78 is 55.3. The predicted molar refractivity (Wildman–Crippen MR) is 137 cm³/mol. The number of rotatable bonds is 7. The molecule has 0 saturated carbocycles. The molecular weight excluding hydrogens is 515 g/mol. The topological polar surface area (TPSA) is 87.2 Å². The van der Waals surface area contributed by atoms with E-state index < -0.39 is 12.1 Å². The predicted octanol–water partition coefficient (Wildman–Crippen LogP) is 6.34. The molecule has 0 aliphatic carbocycles. The van der Waals surface area contributed by atoms with Gasteiger partial charge >= 0.3 is 12.1 Å². The third-order valence-electron chi connectivity index (χ3n) is 5.58. The maximum Gasteiger partial charge on any atom is 0.573 e. The van der Waals surface area contributed by atoms with Crippen LogP contribution < -0.4 is 19.9 Å². The van der Waals surface area contributed by atoms with E-state index in [4.69, 9.17) is 9.47 Å². The summed E-state index contributed by atoms with van der Waals surface area (Å²) in [5.41, 5.74) is 0.943. The molecule has 0 fully saturated rings. The molecule has 0 radical (unpaired) electrons. The number of phenols is 1. The fourth-order valence-electron chi connectivity index (χ4n) is 3.92. The number of nitrogens with zero attached hydrogens (tertiary/aromatic N) is 3. The Morgan fingerprint density at radius 2 is 1.51 bits per heavy atom. The van der Waals surface area contributed by atoms with E-state index in [2.05, 4.69) is 9.84 Å². The van der Waals surface area contributed by atoms with Gasteiger partial charge in [0.05, 0.1) is 6.10 Å². The molecule has 0 bridgehead atoms. The van der Waals surface area contributed by atoms with Crippen LogP contribution in [-0.2, 0) is 0 Å². The van der Waals surface area contributed by atoms with Gasteiger partial charge in [0.2, 0.25) is 0 Å². The van der Waals surface area contributed by atoms with Crippen molar-refractivity contribution >= 4 is 5.65 Å². The zero-order valence-electron chi connectivity index (χ0n) is 20.7. The van der Waals surface area contributed by atoms with Crippen LogP contribution in [-0.4, -0.2) is 31.8 Å². The lowest BCUT2D eigenvalue weighted by Crippen LogP contribution is -2.19. The van der Waals surface area contributed by atoms with Gasteiger partial charge in [-0.1, -0.05) is 30.3 Å². The first-order chi connectivity index (χ1) is 18.6. The Hall–Kier alpha value is -4.93. The summed E-state index contributed by atoms with van der Waals surface area (Å²) in [5.74, 6) is 0.319. The van der Waals surface area contributed by atoms with Crippen molar-refractivity contribution in [3.8, 4) is 45.6 Å². The minimum Gasteiger partial charge on any atom is -0.503 e. The fraction of sp³-hybridized carbons (Fsp3) is 0.143. The lowest BCUT2D eigenvalue weighted by Gasteiger charge is -2.15. The van der Waals surface area contributed by atoms with Crippen molar-refractivity contribution in [3.63, 3.8) is 0 Å². The quantitative estimate of drug-likeness (QED) is 0.261. The second kappa shape index (κ2) is 10.1. The number of aromatic hydroxyl groups is 1. The lowest BCUT2D eigenvalue weighted by atomic mass is 10.1. The van der Waals surface area contributed by atoms with Gasteiger partial charge in [-0.15, -0.1) is 18.3 Å². The molecule has 5 aromatic rings. The maximum atomic E-state index is 13.3. The summed E-state index contributed by atoms with van der Waals surface area (Å²) in [6.45, 7) is 3.76. The molecule has 0 atom stereocenters. The summed E-state index contributed by atoms with van der Waals surface area (Å²) in [6, 6.07) is 20.2. The standard InChI is InChI=1S/C28H22F3N3O5/c1-17(2)37-22-7-3-4-8-23(22)38-24-9-5-6-21(26(24)35)34-27(36)33-16-19(12-15-25(33)32-34)18-10-13-20(14-11-18)39-28(29,30)31/h3-17,35H,1-2H3. The van der Waals surface area contributed by atoms with Crippen molar-refractivity contribution in [1.82, 2.24) is 14.2 Å². The molecule has 8 nitrogen and oxygen atoms in total. The number of hydrogen-bond acceptors (Lipinski definition) is 6. The van der Waals surface area contributed by atoms with E-state index in [1.165, 1.54) is 40.9 Å². The fourth-order valence-corrected chi connectivity index (χ4v) is 3.92. The molecule has 200 valence electrons. The van der Waals surface area contributed by atoms with Crippen LogP contribution in [0.25, 0.3) is 22.5 Å². The van der Waals surface area contributed by atoms with Gasteiger partial charge in [0.25, 0.3) is 0 Å². The molecule has 0 saturated heterocycles. The van der Waals surface area contributed by atoms with Crippen molar-refractivity contribution in [2.24, 2.45) is 0 Å². The first kappa shape index (κ1) is 25.7. The number of ether oxygens (including phenoxy) is 3. The molecule has 0 spiro atoms. The van der Waals surface area contributed by atoms with Gasteiger partial charge in [0.15, 0.2) is 28.6 Å². The van der Waals surface area contributed by atoms with Crippen LogP contribution >= 0.6 is 0 Å². The highest BCUT2D eigenvalue weighted by atomic mass is 19.4. The monoisotopic (exact) mass is 537 g/mol. The van der Waals surface area contributed by atoms with Crippen LogP contribution in [0.2, 0.25) is 0 Å². The number of halogens is 3. The number of pyridine rings is 1. The normalized spacial score (nSPS) is 11.6. The highest BCUT2D eigenvalue weighted by molar-refractivity contribution is 5.65. The Morgan fingerprint density at radius 1 is 0.846 bits per heavy atom. The molecule has 2 heterocycles. The lowest BCUT2D eigenvalue weighted by molar-refractivity contribution is -0.274. The zero-order valence-corrected chi connectivity index (χ0v) is 20.7. The van der Waals surface area contributed by atoms with Gasteiger partial charge in [-0.25, -0.2) is 9.20 Å². The molecule has 11 heteroatoms. The first-order valence-electron chi connectivity index (χ1n) is 11.8. The second-order valence-electron chi connectivity index (χ2n) is 8.75. The smallest absolute Gasteiger partial charge is 0.503 e. The van der Waals surface area contributed by atoms with Crippen molar-refractivity contribution in [3.05, 3.63) is 95.5 Å². The van der Waals surface area contributed by atoms with Gasteiger partial charge in [-0.3, -0.25) is 0 Å². The summed E-state index contributed by atoms with van der Waals surface area (Å²) in [4.78, 5) is 13.3. The largest absolute Gasteiger partial charge is 0.573 e. The van der Waals surface area contributed by atoms with Crippen LogP contribution in [0, 0.1) is 0 Å². The van der Waals surface area contributed by atoms with E-state index in [1.54, 1.807) is 48.5 Å². The second-order valence-corrected chi connectivity index (χ2v) is 8.75. The van der Waals surface area contributed by atoms with Gasteiger partial charge in [0, 0.05) is 6.20 Å². The van der Waals surface area contributed by atoms with E-state index in [9.17, 15) is 23.1 Å². The molecule has 0 aliphatic rings. The van der Waals surface area contributed by atoms with Crippen molar-refractivity contribution in [1.29, 1.82) is 0 Å². The summed E-state index contributed by atoms with van der Waals surface area (Å²) in [5, 5.41) is 15.3.